The van der Waals surface area contributed by atoms with Gasteiger partial charge in [-0.2, -0.15) is 0 Å². The number of furan rings is 2. The third-order valence-corrected chi connectivity index (χ3v) is 10.9. The van der Waals surface area contributed by atoms with Crippen LogP contribution in [0.2, 0.25) is 0 Å². The average Bonchev–Trinajstić information content (AvgIpc) is 3.77. The second-order valence-electron chi connectivity index (χ2n) is 14.5. The summed E-state index contributed by atoms with van der Waals surface area (Å²) in [5.41, 5.74) is 11.5. The fraction of sp³-hybridized carbons (Fsp3) is 0.180. The summed E-state index contributed by atoms with van der Waals surface area (Å²) >= 11 is 0. The van der Waals surface area contributed by atoms with Crippen molar-refractivity contribution in [1.82, 2.24) is 15.0 Å². The molecule has 0 saturated heterocycles. The first-order valence-electron chi connectivity index (χ1n) is 19.4. The molecule has 0 spiro atoms. The van der Waals surface area contributed by atoms with Crippen LogP contribution >= 0.6 is 0 Å². The SMILES string of the molecule is C=c1oc2c(/c1=C/C=C\Cc1ccc3oc4ccccc4c3c1-c1nc(C3=CCCC=C3)nc(-c3ccc(C4=C(/C=C\C)C=CCC4)cc3)n1)C(C)CC=C2. The fourth-order valence-electron chi connectivity index (χ4n) is 8.16. The molecular formula is C50H43N3O2. The van der Waals surface area contributed by atoms with E-state index in [1.807, 2.05) is 12.1 Å². The summed E-state index contributed by atoms with van der Waals surface area (Å²) < 4.78 is 12.5. The normalized spacial score (nSPS) is 17.4. The molecule has 5 heteroatoms. The summed E-state index contributed by atoms with van der Waals surface area (Å²) in [6, 6.07) is 21.2. The standard InChI is InChI=1S/C50H43N3O2/c1-4-15-34-17-8-11-22-40(34)35-26-28-38(29-27-35)49-51-48(37-19-6-5-7-20-37)52-50(53-49)46-36(30-31-44-47(46)41-23-12-13-24-42(41)55-44)18-9-10-21-39-33(3)54-43-25-14-16-32(2)45(39)43/h4,6,8-10,12-15,17,19-21,23-32H,3,5,7,11,16,18,22H2,1-2H3/b10-9-,15-4-,39-21+. The van der Waals surface area contributed by atoms with Crippen LogP contribution in [-0.2, 0) is 6.42 Å². The van der Waals surface area contributed by atoms with Gasteiger partial charge in [0.15, 0.2) is 17.5 Å². The molecule has 0 aliphatic heterocycles. The van der Waals surface area contributed by atoms with Crippen LogP contribution in [0.5, 0.6) is 0 Å². The molecule has 0 fully saturated rings. The predicted octanol–water partition coefficient (Wildman–Crippen LogP) is 11.6. The van der Waals surface area contributed by atoms with Crippen molar-refractivity contribution in [3.05, 3.63) is 166 Å². The van der Waals surface area contributed by atoms with Crippen molar-refractivity contribution in [1.29, 1.82) is 0 Å². The molecule has 1 atom stereocenters. The van der Waals surface area contributed by atoms with Gasteiger partial charge in [0, 0.05) is 38.3 Å². The summed E-state index contributed by atoms with van der Waals surface area (Å²) in [7, 11) is 0. The third-order valence-electron chi connectivity index (χ3n) is 10.9. The molecule has 0 amide bonds. The zero-order valence-electron chi connectivity index (χ0n) is 31.4. The molecule has 270 valence electrons. The van der Waals surface area contributed by atoms with E-state index in [9.17, 15) is 0 Å². The van der Waals surface area contributed by atoms with Gasteiger partial charge in [-0.05, 0) is 91.8 Å². The first-order chi connectivity index (χ1) is 27.1. The van der Waals surface area contributed by atoms with Gasteiger partial charge >= 0.3 is 0 Å². The van der Waals surface area contributed by atoms with E-state index in [0.717, 1.165) is 87.3 Å². The molecular weight excluding hydrogens is 675 g/mol. The third kappa shape index (κ3) is 6.61. The van der Waals surface area contributed by atoms with Crippen molar-refractivity contribution >= 4 is 51.8 Å². The Morgan fingerprint density at radius 3 is 2.47 bits per heavy atom. The molecule has 3 aliphatic carbocycles. The van der Waals surface area contributed by atoms with Gasteiger partial charge in [-0.15, -0.1) is 0 Å². The van der Waals surface area contributed by atoms with Crippen molar-refractivity contribution in [3.63, 3.8) is 0 Å². The number of fused-ring (bicyclic) bond motifs is 4. The van der Waals surface area contributed by atoms with Gasteiger partial charge in [-0.25, -0.2) is 15.0 Å². The Balaban J connectivity index is 1.19. The lowest BCUT2D eigenvalue weighted by Crippen LogP contribution is -2.22. The van der Waals surface area contributed by atoms with Crippen LogP contribution in [-0.4, -0.2) is 15.0 Å². The van der Waals surface area contributed by atoms with Gasteiger partial charge < -0.3 is 8.83 Å². The molecule has 0 radical (unpaired) electrons. The highest BCUT2D eigenvalue weighted by molar-refractivity contribution is 6.12. The second-order valence-corrected chi connectivity index (χ2v) is 14.5. The molecule has 6 aromatic rings. The minimum absolute atomic E-state index is 0.386. The lowest BCUT2D eigenvalue weighted by Gasteiger charge is -2.15. The molecule has 5 nitrogen and oxygen atoms in total. The highest BCUT2D eigenvalue weighted by Crippen LogP contribution is 2.39. The number of benzene rings is 3. The Kier molecular flexibility index (Phi) is 9.29. The number of aromatic nitrogens is 3. The predicted molar refractivity (Wildman–Crippen MR) is 227 cm³/mol. The molecule has 0 bridgehead atoms. The van der Waals surface area contributed by atoms with Gasteiger partial charge in [-0.1, -0.05) is 129 Å². The molecule has 3 aromatic heterocycles. The van der Waals surface area contributed by atoms with Crippen molar-refractivity contribution in [2.45, 2.75) is 58.3 Å². The zero-order chi connectivity index (χ0) is 37.3. The summed E-state index contributed by atoms with van der Waals surface area (Å²) in [5.74, 6) is 3.26. The summed E-state index contributed by atoms with van der Waals surface area (Å²) in [5, 5.41) is 3.12. The van der Waals surface area contributed by atoms with Crippen molar-refractivity contribution in [3.8, 4) is 22.8 Å². The molecule has 55 heavy (non-hydrogen) atoms. The van der Waals surface area contributed by atoms with E-state index in [-0.39, 0.29) is 0 Å². The number of hydrogen-bond acceptors (Lipinski definition) is 5. The first kappa shape index (κ1) is 34.4. The highest BCUT2D eigenvalue weighted by Gasteiger charge is 2.22. The number of nitrogens with zero attached hydrogens (tertiary/aromatic N) is 3. The van der Waals surface area contributed by atoms with E-state index >= 15 is 0 Å². The maximum Gasteiger partial charge on any atom is 0.165 e. The van der Waals surface area contributed by atoms with Gasteiger partial charge in [0.1, 0.15) is 22.3 Å². The Morgan fingerprint density at radius 2 is 1.62 bits per heavy atom. The molecule has 3 aliphatic rings. The average molecular weight is 718 g/mol. The van der Waals surface area contributed by atoms with Crippen molar-refractivity contribution < 1.29 is 8.83 Å². The molecule has 0 N–H and O–H groups in total. The number of allylic oxidation sites excluding steroid dienone is 13. The topological polar surface area (TPSA) is 65.0 Å². The molecule has 3 aromatic carbocycles. The number of hydrogen-bond donors (Lipinski definition) is 0. The van der Waals surface area contributed by atoms with Crippen LogP contribution in [0.4, 0.5) is 0 Å². The lowest BCUT2D eigenvalue weighted by atomic mass is 9.91. The number of para-hydroxylation sites is 1. The fourth-order valence-corrected chi connectivity index (χ4v) is 8.16. The van der Waals surface area contributed by atoms with Crippen molar-refractivity contribution in [2.75, 3.05) is 0 Å². The van der Waals surface area contributed by atoms with Crippen LogP contribution in [0.25, 0.3) is 74.6 Å². The molecule has 1 unspecified atom stereocenters. The first-order valence-corrected chi connectivity index (χ1v) is 19.4. The van der Waals surface area contributed by atoms with E-state index < -0.39 is 0 Å². The Bertz CT molecular complexity index is 2790. The Morgan fingerprint density at radius 1 is 0.800 bits per heavy atom. The molecule has 9 rings (SSSR count). The van der Waals surface area contributed by atoms with E-state index in [0.29, 0.717) is 35.2 Å². The van der Waals surface area contributed by atoms with E-state index in [1.165, 1.54) is 22.3 Å². The van der Waals surface area contributed by atoms with Crippen molar-refractivity contribution in [2.24, 2.45) is 0 Å². The van der Waals surface area contributed by atoms with E-state index in [4.69, 9.17) is 23.8 Å². The maximum absolute atomic E-state index is 6.42. The van der Waals surface area contributed by atoms with Gasteiger partial charge in [0.05, 0.1) is 0 Å². The zero-order valence-corrected chi connectivity index (χ0v) is 31.4. The minimum atomic E-state index is 0.386. The highest BCUT2D eigenvalue weighted by atomic mass is 16.3. The Hall–Kier alpha value is -6.33. The molecule has 3 heterocycles. The van der Waals surface area contributed by atoms with Crippen LogP contribution in [0.3, 0.4) is 0 Å². The lowest BCUT2D eigenvalue weighted by molar-refractivity contribution is 0.516. The van der Waals surface area contributed by atoms with Crippen LogP contribution < -0.4 is 10.6 Å². The maximum atomic E-state index is 6.42. The van der Waals surface area contributed by atoms with Crippen LogP contribution in [0.1, 0.15) is 80.1 Å². The largest absolute Gasteiger partial charge is 0.457 e. The quantitative estimate of drug-likeness (QED) is 0.157. The summed E-state index contributed by atoms with van der Waals surface area (Å²) in [4.78, 5) is 15.6. The van der Waals surface area contributed by atoms with E-state index in [2.05, 4.69) is 142 Å². The number of rotatable bonds is 8. The van der Waals surface area contributed by atoms with Crippen LogP contribution in [0.15, 0.2) is 136 Å². The summed E-state index contributed by atoms with van der Waals surface area (Å²) in [6.07, 6.45) is 31.7. The smallest absolute Gasteiger partial charge is 0.165 e. The second kappa shape index (κ2) is 14.8. The van der Waals surface area contributed by atoms with Gasteiger partial charge in [0.25, 0.3) is 0 Å². The van der Waals surface area contributed by atoms with E-state index in [1.54, 1.807) is 0 Å². The van der Waals surface area contributed by atoms with Crippen LogP contribution in [0, 0.1) is 0 Å². The Labute approximate surface area is 321 Å². The molecule has 0 saturated carbocycles. The van der Waals surface area contributed by atoms with Gasteiger partial charge in [0.2, 0.25) is 0 Å². The monoisotopic (exact) mass is 717 g/mol. The minimum Gasteiger partial charge on any atom is -0.457 e. The summed E-state index contributed by atoms with van der Waals surface area (Å²) in [6.45, 7) is 8.52. The van der Waals surface area contributed by atoms with Gasteiger partial charge in [-0.3, -0.25) is 0 Å².